The average Bonchev–Trinajstić information content (AvgIpc) is 3.42. The highest BCUT2D eigenvalue weighted by Crippen LogP contribution is 2.33. The van der Waals surface area contributed by atoms with Gasteiger partial charge in [0.15, 0.2) is 0 Å². The van der Waals surface area contributed by atoms with E-state index in [0.717, 1.165) is 22.8 Å². The first kappa shape index (κ1) is 17.9. The minimum Gasteiger partial charge on any atom is -0.467 e. The van der Waals surface area contributed by atoms with Crippen LogP contribution in [0, 0.1) is 0 Å². The number of thioether (sulfide) groups is 1. The second kappa shape index (κ2) is 8.06. The minimum absolute atomic E-state index is 0.0584. The molecule has 0 fully saturated rings. The van der Waals surface area contributed by atoms with Gasteiger partial charge in [-0.15, -0.1) is 11.8 Å². The summed E-state index contributed by atoms with van der Waals surface area (Å²) in [6, 6.07) is 14.7. The third-order valence-electron chi connectivity index (χ3n) is 4.25. The normalized spacial score (nSPS) is 16.6. The monoisotopic (exact) mass is 400 g/mol. The molecule has 0 radical (unpaired) electrons. The van der Waals surface area contributed by atoms with Crippen LogP contribution in [0.3, 0.4) is 0 Å². The summed E-state index contributed by atoms with van der Waals surface area (Å²) in [5, 5.41) is 6.75. The van der Waals surface area contributed by atoms with Crippen LogP contribution in [0.25, 0.3) is 0 Å². The van der Waals surface area contributed by atoms with E-state index in [1.54, 1.807) is 24.3 Å². The number of nitrogens with zero attached hydrogens (tertiary/aromatic N) is 2. The van der Waals surface area contributed by atoms with E-state index in [2.05, 4.69) is 5.10 Å². The number of benzene rings is 1. The number of hydrazone groups is 1. The molecule has 0 saturated heterocycles. The number of furan rings is 2. The number of amides is 1. The van der Waals surface area contributed by atoms with E-state index in [4.69, 9.17) is 20.4 Å². The van der Waals surface area contributed by atoms with Crippen molar-refractivity contribution in [2.45, 2.75) is 18.2 Å². The smallest absolute Gasteiger partial charge is 0.253 e. The number of halogens is 1. The standard InChI is InChI=1S/C20H17ClN2O3S/c21-15-7-5-14(6-8-15)12-27-13-20(24)23-17(19-4-2-10-26-19)11-16(22-23)18-3-1-9-25-18/h1-10,17H,11-13H2. The molecule has 3 aromatic rings. The predicted molar refractivity (Wildman–Crippen MR) is 106 cm³/mol. The lowest BCUT2D eigenvalue weighted by Crippen LogP contribution is -2.28. The zero-order valence-corrected chi connectivity index (χ0v) is 15.9. The first-order valence-electron chi connectivity index (χ1n) is 8.50. The fourth-order valence-corrected chi connectivity index (χ4v) is 3.90. The van der Waals surface area contributed by atoms with Crippen LogP contribution in [0.15, 0.2) is 75.0 Å². The molecule has 3 heterocycles. The Morgan fingerprint density at radius 1 is 1.15 bits per heavy atom. The Morgan fingerprint density at radius 2 is 1.93 bits per heavy atom. The van der Waals surface area contributed by atoms with Gasteiger partial charge < -0.3 is 8.83 Å². The van der Waals surface area contributed by atoms with E-state index in [0.29, 0.717) is 23.0 Å². The van der Waals surface area contributed by atoms with E-state index in [-0.39, 0.29) is 11.9 Å². The molecule has 0 saturated carbocycles. The maximum absolute atomic E-state index is 12.8. The fraction of sp³-hybridized carbons (Fsp3) is 0.200. The van der Waals surface area contributed by atoms with Gasteiger partial charge in [-0.2, -0.15) is 5.10 Å². The van der Waals surface area contributed by atoms with Gasteiger partial charge in [0.25, 0.3) is 5.91 Å². The van der Waals surface area contributed by atoms with Crippen LogP contribution >= 0.6 is 23.4 Å². The van der Waals surface area contributed by atoms with Crippen molar-refractivity contribution in [1.29, 1.82) is 0 Å². The van der Waals surface area contributed by atoms with E-state index < -0.39 is 0 Å². The lowest BCUT2D eigenvalue weighted by Gasteiger charge is -2.19. The first-order valence-corrected chi connectivity index (χ1v) is 10.0. The highest BCUT2D eigenvalue weighted by atomic mass is 35.5. The Kier molecular flexibility index (Phi) is 5.36. The van der Waals surface area contributed by atoms with Crippen molar-refractivity contribution in [3.63, 3.8) is 0 Å². The fourth-order valence-electron chi connectivity index (χ4n) is 2.94. The summed E-state index contributed by atoms with van der Waals surface area (Å²) in [5.74, 6) is 2.40. The van der Waals surface area contributed by atoms with E-state index in [1.807, 2.05) is 48.5 Å². The van der Waals surface area contributed by atoms with Gasteiger partial charge in [0.05, 0.1) is 18.3 Å². The van der Waals surface area contributed by atoms with E-state index in [1.165, 1.54) is 5.01 Å². The van der Waals surface area contributed by atoms with E-state index in [9.17, 15) is 4.79 Å². The molecule has 1 aliphatic rings. The topological polar surface area (TPSA) is 59.0 Å². The van der Waals surface area contributed by atoms with Crippen molar-refractivity contribution in [1.82, 2.24) is 5.01 Å². The molecule has 138 valence electrons. The van der Waals surface area contributed by atoms with Crippen molar-refractivity contribution in [2.75, 3.05) is 5.75 Å². The van der Waals surface area contributed by atoms with Crippen molar-refractivity contribution in [3.8, 4) is 0 Å². The molecule has 1 unspecified atom stereocenters. The van der Waals surface area contributed by atoms with Crippen molar-refractivity contribution < 1.29 is 13.6 Å². The van der Waals surface area contributed by atoms with Crippen LogP contribution in [0.5, 0.6) is 0 Å². The summed E-state index contributed by atoms with van der Waals surface area (Å²) in [5.41, 5.74) is 1.87. The van der Waals surface area contributed by atoms with Gasteiger partial charge in [-0.05, 0) is 42.0 Å². The summed E-state index contributed by atoms with van der Waals surface area (Å²) in [6.45, 7) is 0. The molecule has 1 aliphatic heterocycles. The third-order valence-corrected chi connectivity index (χ3v) is 5.49. The van der Waals surface area contributed by atoms with Gasteiger partial charge in [0.1, 0.15) is 23.3 Å². The van der Waals surface area contributed by atoms with Gasteiger partial charge >= 0.3 is 0 Å². The molecule has 7 heteroatoms. The lowest BCUT2D eigenvalue weighted by atomic mass is 10.1. The number of hydrogen-bond acceptors (Lipinski definition) is 5. The zero-order valence-electron chi connectivity index (χ0n) is 14.4. The number of rotatable bonds is 6. The molecule has 0 spiro atoms. The average molecular weight is 401 g/mol. The molecule has 1 amide bonds. The number of carbonyl (C=O) groups is 1. The van der Waals surface area contributed by atoms with Gasteiger partial charge in [0, 0.05) is 17.2 Å². The highest BCUT2D eigenvalue weighted by Gasteiger charge is 2.35. The molecular formula is C20H17ClN2O3S. The molecular weight excluding hydrogens is 384 g/mol. The van der Waals surface area contributed by atoms with Crippen LogP contribution in [0.4, 0.5) is 0 Å². The molecule has 4 rings (SSSR count). The van der Waals surface area contributed by atoms with Crippen LogP contribution in [0.1, 0.15) is 29.5 Å². The number of hydrogen-bond donors (Lipinski definition) is 0. The maximum atomic E-state index is 12.8. The van der Waals surface area contributed by atoms with Crippen LogP contribution in [-0.2, 0) is 10.5 Å². The van der Waals surface area contributed by atoms with Crippen LogP contribution in [0.2, 0.25) is 5.02 Å². The van der Waals surface area contributed by atoms with Crippen molar-refractivity contribution in [2.24, 2.45) is 5.10 Å². The maximum Gasteiger partial charge on any atom is 0.253 e. The highest BCUT2D eigenvalue weighted by molar-refractivity contribution is 7.99. The van der Waals surface area contributed by atoms with Crippen LogP contribution in [-0.4, -0.2) is 22.4 Å². The molecule has 0 aliphatic carbocycles. The lowest BCUT2D eigenvalue weighted by molar-refractivity contribution is -0.130. The Balaban J connectivity index is 1.44. The largest absolute Gasteiger partial charge is 0.467 e. The Morgan fingerprint density at radius 3 is 2.63 bits per heavy atom. The second-order valence-electron chi connectivity index (χ2n) is 6.12. The van der Waals surface area contributed by atoms with Gasteiger partial charge in [-0.3, -0.25) is 4.79 Å². The Bertz CT molecular complexity index is 921. The summed E-state index contributed by atoms with van der Waals surface area (Å²) in [4.78, 5) is 12.8. The first-order chi connectivity index (χ1) is 13.2. The molecule has 1 atom stereocenters. The quantitative estimate of drug-likeness (QED) is 0.575. The summed E-state index contributed by atoms with van der Waals surface area (Å²) < 4.78 is 11.0. The molecule has 2 aromatic heterocycles. The number of carbonyl (C=O) groups excluding carboxylic acids is 1. The molecule has 0 bridgehead atoms. The Hall–Kier alpha value is -2.44. The minimum atomic E-state index is -0.247. The summed E-state index contributed by atoms with van der Waals surface area (Å²) in [6.07, 6.45) is 3.78. The van der Waals surface area contributed by atoms with E-state index >= 15 is 0 Å². The predicted octanol–water partition coefficient (Wildman–Crippen LogP) is 5.14. The molecule has 27 heavy (non-hydrogen) atoms. The molecule has 5 nitrogen and oxygen atoms in total. The SMILES string of the molecule is O=C(CSCc1ccc(Cl)cc1)N1N=C(c2ccco2)CC1c1ccco1. The molecule has 1 aromatic carbocycles. The van der Waals surface area contributed by atoms with Crippen molar-refractivity contribution in [3.05, 3.63) is 83.2 Å². The summed E-state index contributed by atoms with van der Waals surface area (Å²) in [7, 11) is 0. The second-order valence-corrected chi connectivity index (χ2v) is 7.54. The zero-order chi connectivity index (χ0) is 18.6. The van der Waals surface area contributed by atoms with Crippen molar-refractivity contribution >= 4 is 35.0 Å². The Labute approximate surface area is 166 Å². The molecule has 0 N–H and O–H groups in total. The summed E-state index contributed by atoms with van der Waals surface area (Å²) >= 11 is 7.45. The van der Waals surface area contributed by atoms with Gasteiger partial charge in [0.2, 0.25) is 0 Å². The van der Waals surface area contributed by atoms with Gasteiger partial charge in [-0.25, -0.2) is 5.01 Å². The third kappa shape index (κ3) is 4.12. The van der Waals surface area contributed by atoms with Crippen LogP contribution < -0.4 is 0 Å². The van der Waals surface area contributed by atoms with Gasteiger partial charge in [-0.1, -0.05) is 23.7 Å².